The summed E-state index contributed by atoms with van der Waals surface area (Å²) in [5, 5.41) is 8.74. The highest BCUT2D eigenvalue weighted by Crippen LogP contribution is 2.50. The molecule has 7 fully saturated rings. The maximum absolute atomic E-state index is 10.6. The molecule has 8 heteroatoms. The van der Waals surface area contributed by atoms with Crippen LogP contribution in [-0.4, -0.2) is 142 Å². The van der Waals surface area contributed by atoms with Gasteiger partial charge in [0.2, 0.25) is 0 Å². The average Bonchev–Trinajstić information content (AvgIpc) is 3.63. The van der Waals surface area contributed by atoms with E-state index in [0.717, 1.165) is 31.5 Å². The topological polar surface area (TPSA) is 62.7 Å². The number of carboxylic acids is 1. The van der Waals surface area contributed by atoms with Gasteiger partial charge < -0.3 is 9.84 Å². The van der Waals surface area contributed by atoms with E-state index < -0.39 is 5.97 Å². The molecule has 1 aliphatic carbocycles. The number of carboxylic acid groups (broad SMARTS) is 1. The van der Waals surface area contributed by atoms with Crippen LogP contribution in [-0.2, 0) is 9.53 Å². The lowest BCUT2D eigenvalue weighted by Crippen LogP contribution is -2.69. The van der Waals surface area contributed by atoms with Crippen LogP contribution in [0, 0.1) is 27.6 Å². The van der Waals surface area contributed by atoms with Crippen molar-refractivity contribution in [1.29, 1.82) is 0 Å². The Balaban J connectivity index is 0.000000794. The molecule has 1 N–H and O–H groups in total. The predicted octanol–water partition coefficient (Wildman–Crippen LogP) is 15.8. The van der Waals surface area contributed by atoms with E-state index >= 15 is 0 Å². The molecule has 6 saturated heterocycles. The highest BCUT2D eigenvalue weighted by Gasteiger charge is 2.52. The number of hydrogen-bond donors (Lipinski definition) is 1. The second-order valence-electron chi connectivity index (χ2n) is 30.2. The van der Waals surface area contributed by atoms with Gasteiger partial charge in [-0.05, 0) is 224 Å². The molecule has 0 radical (unpaired) electrons. The van der Waals surface area contributed by atoms with Gasteiger partial charge >= 0.3 is 5.97 Å². The van der Waals surface area contributed by atoms with E-state index in [1.54, 1.807) is 0 Å². The minimum Gasteiger partial charge on any atom is -0.481 e. The number of aliphatic carboxylic acids is 1. The Kier molecular flexibility index (Phi) is 29.2. The molecule has 2 spiro atoms. The van der Waals surface area contributed by atoms with Crippen LogP contribution in [0.15, 0.2) is 0 Å². The van der Waals surface area contributed by atoms with Crippen molar-refractivity contribution in [3.63, 3.8) is 0 Å². The Hall–Kier alpha value is -0.770. The molecule has 7 aliphatic rings. The van der Waals surface area contributed by atoms with Crippen molar-refractivity contribution in [2.45, 2.75) is 291 Å². The molecule has 1 unspecified atom stereocenters. The SMILES string of the molecule is C.CC(C)(C)N1CC2(CCC2)C1.CC(C)(C)N1CC2(COC2)C1.CC(C)(C)N1CCC1.CC(C)(C)N1CCCC1.CC(C)(C)N1CCCCC1.CCC(CC(C)(C)C)C(=O)O.CCCCCC(C)(C)C. The zero-order valence-corrected chi connectivity index (χ0v) is 51.2. The number of carbonyl (C=O) groups is 1. The van der Waals surface area contributed by atoms with E-state index in [2.05, 4.69) is 177 Å². The Labute approximate surface area is 440 Å². The zero-order chi connectivity index (χ0) is 53.3. The van der Waals surface area contributed by atoms with Gasteiger partial charge in [0.25, 0.3) is 0 Å². The summed E-state index contributed by atoms with van der Waals surface area (Å²) in [7, 11) is 0. The maximum Gasteiger partial charge on any atom is 0.306 e. The Morgan fingerprint density at radius 1 is 0.471 bits per heavy atom. The van der Waals surface area contributed by atoms with E-state index in [4.69, 9.17) is 9.84 Å². The number of ether oxygens (including phenoxy) is 1. The van der Waals surface area contributed by atoms with Gasteiger partial charge in [0.15, 0.2) is 0 Å². The van der Waals surface area contributed by atoms with Gasteiger partial charge in [-0.25, -0.2) is 0 Å². The van der Waals surface area contributed by atoms with Gasteiger partial charge in [-0.1, -0.05) is 94.9 Å². The molecule has 0 bridgehead atoms. The highest BCUT2D eigenvalue weighted by atomic mass is 16.5. The van der Waals surface area contributed by atoms with E-state index in [9.17, 15) is 4.79 Å². The van der Waals surface area contributed by atoms with Gasteiger partial charge in [-0.15, -0.1) is 0 Å². The number of likely N-dealkylation sites (tertiary alicyclic amines) is 5. The third kappa shape index (κ3) is 27.7. The smallest absolute Gasteiger partial charge is 0.306 e. The monoisotopic (exact) mass is 992 g/mol. The number of hydrogen-bond acceptors (Lipinski definition) is 7. The minimum atomic E-state index is -0.664. The first-order valence-electron chi connectivity index (χ1n) is 28.8. The molecular weight excluding hydrogens is 863 g/mol. The van der Waals surface area contributed by atoms with Crippen LogP contribution >= 0.6 is 0 Å². The second-order valence-corrected chi connectivity index (χ2v) is 30.2. The lowest BCUT2D eigenvalue weighted by atomic mass is 9.62. The first-order chi connectivity index (χ1) is 31.3. The normalized spacial score (nSPS) is 22.0. The van der Waals surface area contributed by atoms with Gasteiger partial charge in [-0.2, -0.15) is 0 Å². The summed E-state index contributed by atoms with van der Waals surface area (Å²) in [5.74, 6) is -0.836. The average molecular weight is 993 g/mol. The van der Waals surface area contributed by atoms with Crippen LogP contribution in [0.3, 0.4) is 0 Å². The summed E-state index contributed by atoms with van der Waals surface area (Å²) >= 11 is 0. The van der Waals surface area contributed by atoms with Crippen LogP contribution in [0.2, 0.25) is 0 Å². The van der Waals surface area contributed by atoms with Crippen molar-refractivity contribution in [2.75, 3.05) is 78.7 Å². The first-order valence-corrected chi connectivity index (χ1v) is 28.8. The number of unbranched alkanes of at least 4 members (excludes halogenated alkanes) is 2. The number of nitrogens with zero attached hydrogens (tertiary/aromatic N) is 5. The van der Waals surface area contributed by atoms with E-state index in [0.29, 0.717) is 38.5 Å². The third-order valence-electron chi connectivity index (χ3n) is 15.6. The summed E-state index contributed by atoms with van der Waals surface area (Å²) in [6.45, 7) is 66.8. The second kappa shape index (κ2) is 29.5. The maximum atomic E-state index is 10.6. The molecule has 7 rings (SSSR count). The van der Waals surface area contributed by atoms with Gasteiger partial charge in [0, 0.05) is 59.3 Å². The molecule has 70 heavy (non-hydrogen) atoms. The number of piperidine rings is 1. The van der Waals surface area contributed by atoms with Gasteiger partial charge in [0.1, 0.15) is 0 Å². The molecule has 0 aromatic heterocycles. The Morgan fingerprint density at radius 3 is 1.00 bits per heavy atom. The summed E-state index contributed by atoms with van der Waals surface area (Å²) < 4.78 is 5.21. The minimum absolute atomic E-state index is 0. The Bertz CT molecular complexity index is 1320. The number of rotatable bonds is 6. The zero-order valence-electron chi connectivity index (χ0n) is 51.2. The fraction of sp³-hybridized carbons (Fsp3) is 0.984. The van der Waals surface area contributed by atoms with Gasteiger partial charge in [-0.3, -0.25) is 29.3 Å². The van der Waals surface area contributed by atoms with Gasteiger partial charge in [0.05, 0.1) is 19.1 Å². The first kappa shape index (κ1) is 69.2. The largest absolute Gasteiger partial charge is 0.481 e. The van der Waals surface area contributed by atoms with Crippen molar-refractivity contribution in [1.82, 2.24) is 24.5 Å². The molecule has 6 heterocycles. The van der Waals surface area contributed by atoms with Crippen molar-refractivity contribution in [3.05, 3.63) is 0 Å². The van der Waals surface area contributed by atoms with Crippen LogP contribution < -0.4 is 0 Å². The van der Waals surface area contributed by atoms with Crippen molar-refractivity contribution in [3.8, 4) is 0 Å². The molecule has 420 valence electrons. The summed E-state index contributed by atoms with van der Waals surface area (Å²) in [6.07, 6.45) is 19.9. The molecule has 6 aliphatic heterocycles. The molecule has 1 atom stereocenters. The summed E-state index contributed by atoms with van der Waals surface area (Å²) in [4.78, 5) is 23.4. The predicted molar refractivity (Wildman–Crippen MR) is 310 cm³/mol. The fourth-order valence-corrected chi connectivity index (χ4v) is 10.0. The van der Waals surface area contributed by atoms with Crippen LogP contribution in [0.5, 0.6) is 0 Å². The molecule has 8 nitrogen and oxygen atoms in total. The van der Waals surface area contributed by atoms with E-state index in [1.165, 1.54) is 149 Å². The molecular formula is C62H129N5O3. The van der Waals surface area contributed by atoms with E-state index in [-0.39, 0.29) is 18.8 Å². The quantitative estimate of drug-likeness (QED) is 0.264. The molecule has 1 saturated carbocycles. The van der Waals surface area contributed by atoms with E-state index in [1.807, 2.05) is 6.92 Å². The standard InChI is InChI=1S/C10H19N.C9H17NO.C9H19N.C9H18O2.C9H20.C8H17N.C7H15N.CH4/c1-9(2,3)11-7-10(8-11)5-4-6-10;1-8(2,3)10-4-9(5-10)6-11-7-9;1-9(2,3)10-7-5-4-6-8-10;1-5-7(8(10)11)6-9(2,3)4;1-5-6-7-8-9(2,3)4;1-8(2,3)9-6-4-5-7-9;1-7(2,3)8-5-4-6-8;/h4-8H2,1-3H3;4-7H2,1-3H3;4-8H2,1-3H3;7H,5-6H2,1-4H3,(H,10,11);5-8H2,1-4H3;4-7H2,1-3H3;4-6H2,1-3H3;1H4. The molecule has 0 amide bonds. The molecule has 0 aromatic rings. The lowest BCUT2D eigenvalue weighted by Gasteiger charge is -2.60. The molecule has 0 aromatic carbocycles. The van der Waals surface area contributed by atoms with Crippen LogP contribution in [0.25, 0.3) is 0 Å². The highest BCUT2D eigenvalue weighted by molar-refractivity contribution is 5.69. The third-order valence-corrected chi connectivity index (χ3v) is 15.6. The Morgan fingerprint density at radius 2 is 0.814 bits per heavy atom. The summed E-state index contributed by atoms with van der Waals surface area (Å²) in [6, 6.07) is 0. The van der Waals surface area contributed by atoms with Crippen molar-refractivity contribution >= 4 is 5.97 Å². The lowest BCUT2D eigenvalue weighted by molar-refractivity contribution is -0.207. The van der Waals surface area contributed by atoms with Crippen LogP contribution in [0.4, 0.5) is 0 Å². The van der Waals surface area contributed by atoms with Crippen molar-refractivity contribution < 1.29 is 14.6 Å². The summed E-state index contributed by atoms with van der Waals surface area (Å²) in [5.41, 5.74) is 4.08. The van der Waals surface area contributed by atoms with Crippen LogP contribution in [0.1, 0.15) is 263 Å². The van der Waals surface area contributed by atoms with Crippen molar-refractivity contribution in [2.24, 2.45) is 27.6 Å². The fourth-order valence-electron chi connectivity index (χ4n) is 10.0.